The van der Waals surface area contributed by atoms with Gasteiger partial charge in [0.2, 0.25) is 0 Å². The maximum atomic E-state index is 9.07. The molecule has 7 aromatic carbocycles. The van der Waals surface area contributed by atoms with Gasteiger partial charge in [-0.25, -0.2) is 4.98 Å². The number of benzene rings is 7. The molecule has 0 aliphatic heterocycles. The molecule has 3 heterocycles. The van der Waals surface area contributed by atoms with Gasteiger partial charge in [-0.15, -0.1) is 29.7 Å². The van der Waals surface area contributed by atoms with Crippen LogP contribution >= 0.6 is 0 Å². The summed E-state index contributed by atoms with van der Waals surface area (Å²) in [6, 6.07) is 34.1. The first-order valence-electron chi connectivity index (χ1n) is 25.1. The molecule has 0 amide bonds. The third-order valence-corrected chi connectivity index (χ3v) is 10.9. The average molecular weight is 996 g/mol. The fourth-order valence-electron chi connectivity index (χ4n) is 7.80. The van der Waals surface area contributed by atoms with Gasteiger partial charge in [0.1, 0.15) is 5.82 Å². The van der Waals surface area contributed by atoms with Crippen molar-refractivity contribution in [3.63, 3.8) is 0 Å². The van der Waals surface area contributed by atoms with Crippen molar-refractivity contribution in [1.29, 1.82) is 0 Å². The summed E-state index contributed by atoms with van der Waals surface area (Å²) in [7, 11) is 0. The van der Waals surface area contributed by atoms with Crippen LogP contribution in [0.2, 0.25) is 0 Å². The van der Waals surface area contributed by atoms with Crippen molar-refractivity contribution in [1.82, 2.24) is 14.1 Å². The summed E-state index contributed by atoms with van der Waals surface area (Å²) >= 11 is 0. The summed E-state index contributed by atoms with van der Waals surface area (Å²) in [6.45, 7) is 12.8. The van der Waals surface area contributed by atoms with Crippen molar-refractivity contribution >= 4 is 32.8 Å². The molecule has 0 radical (unpaired) electrons. The maximum absolute atomic E-state index is 9.07. The zero-order valence-corrected chi connectivity index (χ0v) is 37.2. The molecule has 0 saturated carbocycles. The number of para-hydroxylation sites is 4. The van der Waals surface area contributed by atoms with Gasteiger partial charge in [0.05, 0.1) is 30.4 Å². The topological polar surface area (TPSA) is 35.9 Å². The predicted molar refractivity (Wildman–Crippen MR) is 248 cm³/mol. The molecule has 62 heavy (non-hydrogen) atoms. The van der Waals surface area contributed by atoms with E-state index in [1.807, 2.05) is 72.9 Å². The Balaban J connectivity index is 0.00000640. The van der Waals surface area contributed by atoms with Crippen molar-refractivity contribution in [2.45, 2.75) is 52.4 Å². The predicted octanol–water partition coefficient (Wildman–Crippen LogP) is 13.5. The molecule has 0 aliphatic carbocycles. The first-order valence-corrected chi connectivity index (χ1v) is 20.1. The Morgan fingerprint density at radius 1 is 0.613 bits per heavy atom. The third-order valence-electron chi connectivity index (χ3n) is 10.9. The van der Waals surface area contributed by atoms with Gasteiger partial charge >= 0.3 is 0 Å². The van der Waals surface area contributed by atoms with Crippen molar-refractivity contribution in [2.24, 2.45) is 0 Å². The summed E-state index contributed by atoms with van der Waals surface area (Å²) in [5.74, 6) is 1.58. The standard InChI is InChI=1S/C56H46N4O.Pt/c1-55(2,3)40-30-31-57-53(34-40)60-49-25-14-13-22-47(49)48-29-28-43(36-52(48)60)61-44-33-41(56(4,5)6)32-42(35-44)58-37-59(51-27-16-15-26-50(51)58)54-45(38-18-9-7-10-19-38)23-17-24-46(54)39-20-11-8-12-21-39;/h7-34H,1-6H3;/q-2;/i7D,8D,9D,10D,11D,12D,18D,19D,20D,21D;. The van der Waals surface area contributed by atoms with Gasteiger partial charge in [-0.05, 0) is 67.9 Å². The Kier molecular flexibility index (Phi) is 7.89. The first kappa shape index (κ1) is 30.5. The van der Waals surface area contributed by atoms with Crippen LogP contribution in [-0.4, -0.2) is 14.1 Å². The summed E-state index contributed by atoms with van der Waals surface area (Å²) in [6.07, 6.45) is 5.31. The number of ether oxygens (including phenoxy) is 1. The molecular formula is C56H46N4OPt-2. The van der Waals surface area contributed by atoms with Crippen LogP contribution in [0.1, 0.15) is 66.4 Å². The molecule has 0 unspecified atom stereocenters. The molecule has 10 rings (SSSR count). The largest absolute Gasteiger partial charge is 0.510 e. The zero-order chi connectivity index (χ0) is 50.6. The smallest absolute Gasteiger partial charge is 0.268 e. The second-order valence-corrected chi connectivity index (χ2v) is 17.0. The second kappa shape index (κ2) is 16.0. The van der Waals surface area contributed by atoms with Crippen LogP contribution in [0.15, 0.2) is 170 Å². The van der Waals surface area contributed by atoms with Crippen LogP contribution in [-0.2, 0) is 31.9 Å². The van der Waals surface area contributed by atoms with Gasteiger partial charge in [0.25, 0.3) is 6.33 Å². The quantitative estimate of drug-likeness (QED) is 0.118. The van der Waals surface area contributed by atoms with Crippen molar-refractivity contribution < 1.29 is 44.1 Å². The van der Waals surface area contributed by atoms with Gasteiger partial charge in [0, 0.05) is 44.3 Å². The van der Waals surface area contributed by atoms with Gasteiger partial charge in [-0.2, -0.15) is 17.7 Å². The summed E-state index contributed by atoms with van der Waals surface area (Å²) in [5.41, 5.74) is 5.16. The van der Waals surface area contributed by atoms with Crippen LogP contribution in [0.25, 0.3) is 72.3 Å². The number of hydrogen-bond donors (Lipinski definition) is 0. The fraction of sp³-hybridized carbons (Fsp3) is 0.143. The van der Waals surface area contributed by atoms with E-state index in [-0.39, 0.29) is 54.4 Å². The molecule has 0 saturated heterocycles. The van der Waals surface area contributed by atoms with Gasteiger partial charge in [-0.3, -0.25) is 4.57 Å². The SMILES string of the molecule is [2H]c1c([2H])c([2H])c(-c2cccc(-c3c([2H])c([2H])c([2H])c([2H])c3[2H])c2-[n+]2[c-]n(-c3[c-]c(Oc4[c-]c5c(cc4)c4ccccc4n5-c4cc(C(C)(C)C)ccn4)cc(C(C)(C)C)c3)c3ccccc32)c([2H])c1[2H].[Pt]. The molecule has 0 fully saturated rings. The van der Waals surface area contributed by atoms with E-state index in [1.165, 1.54) is 0 Å². The fourth-order valence-corrected chi connectivity index (χ4v) is 7.80. The van der Waals surface area contributed by atoms with Crippen LogP contribution in [0, 0.1) is 18.5 Å². The molecule has 0 N–H and O–H groups in total. The van der Waals surface area contributed by atoms with E-state index in [1.54, 1.807) is 27.3 Å². The minimum Gasteiger partial charge on any atom is -0.510 e. The summed E-state index contributed by atoms with van der Waals surface area (Å²) in [4.78, 5) is 4.83. The monoisotopic (exact) mass is 995 g/mol. The Morgan fingerprint density at radius 3 is 1.94 bits per heavy atom. The normalized spacial score (nSPS) is 14.2. The van der Waals surface area contributed by atoms with E-state index < -0.39 is 65.8 Å². The Hall–Kier alpha value is -6.55. The van der Waals surface area contributed by atoms with E-state index in [0.717, 1.165) is 38.8 Å². The number of imidazole rings is 1. The Morgan fingerprint density at radius 2 is 1.26 bits per heavy atom. The number of pyridine rings is 1. The van der Waals surface area contributed by atoms with E-state index in [4.69, 9.17) is 23.4 Å². The number of nitrogens with zero attached hydrogens (tertiary/aromatic N) is 4. The molecule has 0 spiro atoms. The maximum Gasteiger partial charge on any atom is 0.268 e. The van der Waals surface area contributed by atoms with E-state index >= 15 is 0 Å². The molecule has 5 nitrogen and oxygen atoms in total. The molecular weight excluding hydrogens is 940 g/mol. The average Bonchev–Trinajstić information content (AvgIpc) is 3.89. The summed E-state index contributed by atoms with van der Waals surface area (Å²) in [5, 5.41) is 2.02. The second-order valence-electron chi connectivity index (χ2n) is 17.0. The number of fused-ring (bicyclic) bond motifs is 4. The van der Waals surface area contributed by atoms with E-state index in [9.17, 15) is 0 Å². The molecule has 0 atom stereocenters. The molecule has 0 aliphatic rings. The Bertz CT molecular complexity index is 3710. The molecule has 6 heteroatoms. The van der Waals surface area contributed by atoms with Crippen LogP contribution in [0.4, 0.5) is 0 Å². The Labute approximate surface area is 392 Å². The zero-order valence-electron chi connectivity index (χ0n) is 44.9. The minimum atomic E-state index is -0.571. The number of hydrogen-bond acceptors (Lipinski definition) is 2. The number of aromatic nitrogens is 4. The van der Waals surface area contributed by atoms with Crippen LogP contribution in [0.5, 0.6) is 11.5 Å². The molecule has 0 bridgehead atoms. The molecule has 3 aromatic heterocycles. The third kappa shape index (κ3) is 7.45. The number of rotatable bonds is 7. The minimum absolute atomic E-state index is 0. The van der Waals surface area contributed by atoms with Crippen molar-refractivity contribution in [2.75, 3.05) is 0 Å². The van der Waals surface area contributed by atoms with Crippen LogP contribution < -0.4 is 9.30 Å². The van der Waals surface area contributed by atoms with E-state index in [0.29, 0.717) is 28.2 Å². The summed E-state index contributed by atoms with van der Waals surface area (Å²) < 4.78 is 99.7. The first-order chi connectivity index (χ1) is 33.6. The van der Waals surface area contributed by atoms with Crippen molar-refractivity contribution in [3.05, 3.63) is 199 Å². The van der Waals surface area contributed by atoms with Crippen molar-refractivity contribution in [3.8, 4) is 50.9 Å². The van der Waals surface area contributed by atoms with Crippen LogP contribution in [0.3, 0.4) is 0 Å². The molecule has 308 valence electrons. The van der Waals surface area contributed by atoms with Gasteiger partial charge < -0.3 is 13.9 Å². The van der Waals surface area contributed by atoms with Gasteiger partial charge in [0.15, 0.2) is 0 Å². The van der Waals surface area contributed by atoms with E-state index in [2.05, 4.69) is 82.8 Å². The molecule has 10 aromatic rings. The van der Waals surface area contributed by atoms with Gasteiger partial charge in [-0.1, -0.05) is 168 Å².